The largest absolute Gasteiger partial charge is 0.497 e. The number of imide groups is 1. The molecule has 10 heteroatoms. The number of amides is 3. The van der Waals surface area contributed by atoms with Crippen molar-refractivity contribution in [1.29, 1.82) is 0 Å². The van der Waals surface area contributed by atoms with E-state index in [2.05, 4.69) is 38.0 Å². The number of likely N-dealkylation sites (tertiary alicyclic amines) is 1. The van der Waals surface area contributed by atoms with Gasteiger partial charge in [0.2, 0.25) is 5.91 Å². The van der Waals surface area contributed by atoms with E-state index in [1.165, 1.54) is 23.3 Å². The van der Waals surface area contributed by atoms with Crippen molar-refractivity contribution in [2.45, 2.75) is 18.9 Å². The minimum absolute atomic E-state index is 0. The van der Waals surface area contributed by atoms with Gasteiger partial charge in [0.05, 0.1) is 19.7 Å². The highest BCUT2D eigenvalue weighted by atomic mass is 127. The maximum Gasteiger partial charge on any atom is 0.324 e. The second-order valence-corrected chi connectivity index (χ2v) is 7.12. The molecule has 2 heterocycles. The first-order valence-electron chi connectivity index (χ1n) is 10.0. The van der Waals surface area contributed by atoms with Gasteiger partial charge in [-0.3, -0.25) is 19.6 Å². The molecular weight excluding hydrogens is 499 g/mol. The van der Waals surface area contributed by atoms with Crippen molar-refractivity contribution >= 4 is 41.9 Å². The van der Waals surface area contributed by atoms with Gasteiger partial charge in [-0.15, -0.1) is 24.0 Å². The molecule has 0 aromatic heterocycles. The quantitative estimate of drug-likeness (QED) is 0.202. The Morgan fingerprint density at radius 1 is 1.27 bits per heavy atom. The van der Waals surface area contributed by atoms with Crippen LogP contribution in [0.4, 0.5) is 4.79 Å². The molecule has 2 aliphatic heterocycles. The molecule has 0 saturated carbocycles. The molecule has 2 saturated heterocycles. The van der Waals surface area contributed by atoms with Crippen LogP contribution >= 0.6 is 24.0 Å². The van der Waals surface area contributed by atoms with E-state index in [0.29, 0.717) is 25.6 Å². The number of ether oxygens (including phenoxy) is 1. The topological polar surface area (TPSA) is 98.3 Å². The molecule has 1 atom stereocenters. The normalized spacial score (nSPS) is 18.1. The summed E-state index contributed by atoms with van der Waals surface area (Å²) in [5.41, 5.74) is 1.20. The van der Waals surface area contributed by atoms with Gasteiger partial charge < -0.3 is 20.7 Å². The fourth-order valence-electron chi connectivity index (χ4n) is 3.74. The Morgan fingerprint density at radius 2 is 2.03 bits per heavy atom. The van der Waals surface area contributed by atoms with Crippen LogP contribution in [0, 0.1) is 0 Å². The molecule has 1 aromatic rings. The maximum absolute atomic E-state index is 11.7. The summed E-state index contributed by atoms with van der Waals surface area (Å²) in [4.78, 5) is 31.2. The van der Waals surface area contributed by atoms with E-state index in [9.17, 15) is 9.59 Å². The first-order valence-corrected chi connectivity index (χ1v) is 10.0. The maximum atomic E-state index is 11.7. The first-order chi connectivity index (χ1) is 14.1. The Morgan fingerprint density at radius 3 is 2.67 bits per heavy atom. The van der Waals surface area contributed by atoms with E-state index >= 15 is 0 Å². The van der Waals surface area contributed by atoms with Crippen molar-refractivity contribution in [3.63, 3.8) is 0 Å². The summed E-state index contributed by atoms with van der Waals surface area (Å²) in [7, 11) is 3.39. The van der Waals surface area contributed by atoms with Crippen LogP contribution in [0.1, 0.15) is 24.4 Å². The standard InChI is InChI=1S/C20H30N6O3.HI/c1-21-19(22-8-11-26-18(27)14-24-20(26)28)23-13-17(25-9-3-4-10-25)15-6-5-7-16(12-15)29-2;/h5-7,12,17H,3-4,8-11,13-14H2,1-2H3,(H,24,28)(H2,21,22,23);1H. The lowest BCUT2D eigenvalue weighted by Gasteiger charge is -2.29. The van der Waals surface area contributed by atoms with Gasteiger partial charge in [-0.05, 0) is 43.6 Å². The molecule has 3 rings (SSSR count). The number of methoxy groups -OCH3 is 1. The van der Waals surface area contributed by atoms with Gasteiger partial charge in [0.15, 0.2) is 5.96 Å². The van der Waals surface area contributed by atoms with Crippen LogP contribution < -0.4 is 20.7 Å². The summed E-state index contributed by atoms with van der Waals surface area (Å²) in [6.45, 7) is 3.65. The van der Waals surface area contributed by atoms with E-state index in [-0.39, 0.29) is 48.5 Å². The number of hydrogen-bond donors (Lipinski definition) is 3. The molecule has 9 nitrogen and oxygen atoms in total. The Bertz CT molecular complexity index is 738. The average Bonchev–Trinajstić information content (AvgIpc) is 3.38. The molecule has 2 aliphatic rings. The number of aliphatic imine (C=N–C) groups is 1. The van der Waals surface area contributed by atoms with E-state index in [0.717, 1.165) is 18.8 Å². The smallest absolute Gasteiger partial charge is 0.324 e. The zero-order valence-electron chi connectivity index (χ0n) is 17.5. The first kappa shape index (κ1) is 24.2. The lowest BCUT2D eigenvalue weighted by atomic mass is 10.1. The molecule has 0 bridgehead atoms. The molecule has 166 valence electrons. The predicted molar refractivity (Wildman–Crippen MR) is 126 cm³/mol. The predicted octanol–water partition coefficient (Wildman–Crippen LogP) is 1.17. The summed E-state index contributed by atoms with van der Waals surface area (Å²) in [6.07, 6.45) is 2.42. The van der Waals surface area contributed by atoms with Crippen LogP contribution in [0.25, 0.3) is 0 Å². The van der Waals surface area contributed by atoms with E-state index in [1.807, 2.05) is 12.1 Å². The molecule has 0 spiro atoms. The van der Waals surface area contributed by atoms with Crippen LogP contribution in [-0.2, 0) is 4.79 Å². The lowest BCUT2D eigenvalue weighted by Crippen LogP contribution is -2.45. The number of carbonyl (C=O) groups excluding carboxylic acids is 2. The van der Waals surface area contributed by atoms with Gasteiger partial charge >= 0.3 is 6.03 Å². The number of guanidine groups is 1. The second-order valence-electron chi connectivity index (χ2n) is 7.12. The monoisotopic (exact) mass is 530 g/mol. The highest BCUT2D eigenvalue weighted by Crippen LogP contribution is 2.27. The SMILES string of the molecule is CN=C(NCCN1C(=O)CNC1=O)NCC(c1cccc(OC)c1)N1CCCC1.I. The average molecular weight is 530 g/mol. The van der Waals surface area contributed by atoms with E-state index in [4.69, 9.17) is 4.74 Å². The van der Waals surface area contributed by atoms with Crippen LogP contribution in [0.15, 0.2) is 29.3 Å². The Hall–Kier alpha value is -2.08. The van der Waals surface area contributed by atoms with Crippen LogP contribution in [0.2, 0.25) is 0 Å². The molecule has 1 aromatic carbocycles. The Labute approximate surface area is 194 Å². The molecule has 0 radical (unpaired) electrons. The number of benzene rings is 1. The van der Waals surface area contributed by atoms with Gasteiger partial charge in [0.1, 0.15) is 5.75 Å². The van der Waals surface area contributed by atoms with Crippen molar-refractivity contribution in [2.24, 2.45) is 4.99 Å². The van der Waals surface area contributed by atoms with Crippen LogP contribution in [0.5, 0.6) is 5.75 Å². The zero-order chi connectivity index (χ0) is 20.6. The van der Waals surface area contributed by atoms with Crippen molar-refractivity contribution in [3.05, 3.63) is 29.8 Å². The summed E-state index contributed by atoms with van der Waals surface area (Å²) in [6, 6.07) is 8.04. The molecule has 1 unspecified atom stereocenters. The Balaban J connectivity index is 0.00000320. The second kappa shape index (κ2) is 11.9. The molecule has 0 aliphatic carbocycles. The minimum atomic E-state index is -0.341. The summed E-state index contributed by atoms with van der Waals surface area (Å²) >= 11 is 0. The van der Waals surface area contributed by atoms with Gasteiger partial charge in [-0.25, -0.2) is 4.79 Å². The van der Waals surface area contributed by atoms with Crippen molar-refractivity contribution in [2.75, 3.05) is 53.4 Å². The molecule has 30 heavy (non-hydrogen) atoms. The third-order valence-electron chi connectivity index (χ3n) is 5.31. The summed E-state index contributed by atoms with van der Waals surface area (Å²) in [5, 5.41) is 9.08. The van der Waals surface area contributed by atoms with Crippen LogP contribution in [0.3, 0.4) is 0 Å². The van der Waals surface area contributed by atoms with Crippen molar-refractivity contribution in [3.8, 4) is 5.75 Å². The van der Waals surface area contributed by atoms with Crippen LogP contribution in [-0.4, -0.2) is 81.1 Å². The highest BCUT2D eigenvalue weighted by Gasteiger charge is 2.28. The van der Waals surface area contributed by atoms with Crippen molar-refractivity contribution in [1.82, 2.24) is 25.8 Å². The number of urea groups is 1. The van der Waals surface area contributed by atoms with Gasteiger partial charge in [-0.1, -0.05) is 12.1 Å². The van der Waals surface area contributed by atoms with E-state index < -0.39 is 0 Å². The number of nitrogens with one attached hydrogen (secondary N) is 3. The Kier molecular flexibility index (Phi) is 9.63. The number of halogens is 1. The molecule has 3 N–H and O–H groups in total. The number of rotatable bonds is 8. The number of hydrogen-bond acceptors (Lipinski definition) is 5. The minimum Gasteiger partial charge on any atom is -0.497 e. The molecule has 3 amide bonds. The number of carbonyl (C=O) groups is 2. The summed E-state index contributed by atoms with van der Waals surface area (Å²) in [5.74, 6) is 1.29. The van der Waals surface area contributed by atoms with Gasteiger partial charge in [0, 0.05) is 26.7 Å². The number of nitrogens with zero attached hydrogens (tertiary/aromatic N) is 3. The van der Waals surface area contributed by atoms with E-state index in [1.54, 1.807) is 14.2 Å². The van der Waals surface area contributed by atoms with Crippen molar-refractivity contribution < 1.29 is 14.3 Å². The zero-order valence-corrected chi connectivity index (χ0v) is 19.8. The third-order valence-corrected chi connectivity index (χ3v) is 5.31. The van der Waals surface area contributed by atoms with Gasteiger partial charge in [0.25, 0.3) is 0 Å². The lowest BCUT2D eigenvalue weighted by molar-refractivity contribution is -0.124. The highest BCUT2D eigenvalue weighted by molar-refractivity contribution is 14.0. The molecular formula is C20H31IN6O3. The summed E-state index contributed by atoms with van der Waals surface area (Å²) < 4.78 is 5.39. The third kappa shape index (κ3) is 6.21. The fraction of sp³-hybridized carbons (Fsp3) is 0.550. The fourth-order valence-corrected chi connectivity index (χ4v) is 3.74. The van der Waals surface area contributed by atoms with Gasteiger partial charge in [-0.2, -0.15) is 0 Å². The molecule has 2 fully saturated rings.